The SMILES string of the molecule is CO[C@H]1CCCN(Cc2cc(C(=O)Nc3cc(-c4ccc(F)cc4-c4nncn4C)cc(C4CC4)n3)c(=O)n(C3CC3)c2)C1. The smallest absolute Gasteiger partial charge is 0.263 e. The van der Waals surface area contributed by atoms with E-state index in [1.807, 2.05) is 19.3 Å². The van der Waals surface area contributed by atoms with Crippen LogP contribution in [0.5, 0.6) is 0 Å². The van der Waals surface area contributed by atoms with Crippen molar-refractivity contribution in [1.82, 2.24) is 29.2 Å². The van der Waals surface area contributed by atoms with Gasteiger partial charge < -0.3 is 19.2 Å². The van der Waals surface area contributed by atoms with E-state index < -0.39 is 5.91 Å². The Morgan fingerprint density at radius 2 is 1.93 bits per heavy atom. The van der Waals surface area contributed by atoms with Crippen LogP contribution in [0.2, 0.25) is 0 Å². The highest BCUT2D eigenvalue weighted by Crippen LogP contribution is 2.42. The lowest BCUT2D eigenvalue weighted by Crippen LogP contribution is -2.39. The van der Waals surface area contributed by atoms with Gasteiger partial charge in [-0.15, -0.1) is 10.2 Å². The number of aryl methyl sites for hydroxylation is 1. The summed E-state index contributed by atoms with van der Waals surface area (Å²) in [5.41, 5.74) is 3.71. The summed E-state index contributed by atoms with van der Waals surface area (Å²) in [5.74, 6) is 0.298. The van der Waals surface area contributed by atoms with E-state index in [2.05, 4.69) is 20.4 Å². The fourth-order valence-electron chi connectivity index (χ4n) is 6.16. The van der Waals surface area contributed by atoms with Gasteiger partial charge in [0.2, 0.25) is 0 Å². The zero-order valence-corrected chi connectivity index (χ0v) is 25.0. The molecule has 4 heterocycles. The monoisotopic (exact) mass is 597 g/mol. The fourth-order valence-corrected chi connectivity index (χ4v) is 6.16. The molecule has 4 aromatic rings. The Morgan fingerprint density at radius 3 is 2.66 bits per heavy atom. The number of pyridine rings is 2. The number of piperidine rings is 1. The molecule has 0 spiro atoms. The van der Waals surface area contributed by atoms with Gasteiger partial charge in [-0.2, -0.15) is 0 Å². The van der Waals surface area contributed by atoms with E-state index >= 15 is 0 Å². The molecule has 3 fully saturated rings. The summed E-state index contributed by atoms with van der Waals surface area (Å²) >= 11 is 0. The van der Waals surface area contributed by atoms with Gasteiger partial charge in [0.05, 0.1) is 6.10 Å². The molecular weight excluding hydrogens is 561 g/mol. The largest absolute Gasteiger partial charge is 0.380 e. The second kappa shape index (κ2) is 11.7. The molecule has 1 atom stereocenters. The number of benzene rings is 1. The number of methoxy groups -OCH3 is 1. The maximum Gasteiger partial charge on any atom is 0.263 e. The normalized spacial score (nSPS) is 18.8. The van der Waals surface area contributed by atoms with Gasteiger partial charge >= 0.3 is 0 Å². The van der Waals surface area contributed by atoms with E-state index in [4.69, 9.17) is 9.72 Å². The molecule has 3 aliphatic rings. The molecule has 2 aliphatic carbocycles. The molecule has 3 aromatic heterocycles. The number of rotatable bonds is 9. The van der Waals surface area contributed by atoms with Gasteiger partial charge in [0.1, 0.15) is 23.5 Å². The van der Waals surface area contributed by atoms with E-state index in [-0.39, 0.29) is 29.1 Å². The molecule has 1 saturated heterocycles. The fraction of sp³-hybridized carbons (Fsp3) is 0.424. The molecule has 10 nitrogen and oxygen atoms in total. The second-order valence-electron chi connectivity index (χ2n) is 12.3. The number of amides is 1. The third-order valence-corrected chi connectivity index (χ3v) is 8.81. The first kappa shape index (κ1) is 28.5. The van der Waals surface area contributed by atoms with Gasteiger partial charge in [0.25, 0.3) is 11.5 Å². The third kappa shape index (κ3) is 5.94. The number of likely N-dealkylation sites (tertiary alicyclic amines) is 1. The summed E-state index contributed by atoms with van der Waals surface area (Å²) in [6.07, 6.45) is 9.65. The molecule has 7 rings (SSSR count). The van der Waals surface area contributed by atoms with Crippen LogP contribution in [0, 0.1) is 5.82 Å². The first-order valence-electron chi connectivity index (χ1n) is 15.3. The third-order valence-electron chi connectivity index (χ3n) is 8.81. The van der Waals surface area contributed by atoms with Crippen molar-refractivity contribution < 1.29 is 13.9 Å². The highest BCUT2D eigenvalue weighted by atomic mass is 19.1. The van der Waals surface area contributed by atoms with E-state index in [9.17, 15) is 14.0 Å². The van der Waals surface area contributed by atoms with Crippen LogP contribution in [0.25, 0.3) is 22.5 Å². The Balaban J connectivity index is 1.22. The van der Waals surface area contributed by atoms with Gasteiger partial charge in [0.15, 0.2) is 5.82 Å². The minimum absolute atomic E-state index is 0.108. The average Bonchev–Trinajstić information content (AvgIpc) is 3.96. The van der Waals surface area contributed by atoms with E-state index in [1.165, 1.54) is 12.1 Å². The topological polar surface area (TPSA) is 107 Å². The number of ether oxygens (including phenoxy) is 1. The zero-order valence-electron chi connectivity index (χ0n) is 25.0. The van der Waals surface area contributed by atoms with Crippen molar-refractivity contribution in [2.24, 2.45) is 7.05 Å². The molecular formula is C33H36FN7O3. The van der Waals surface area contributed by atoms with Crippen LogP contribution >= 0.6 is 0 Å². The van der Waals surface area contributed by atoms with Gasteiger partial charge in [-0.25, -0.2) is 9.37 Å². The second-order valence-corrected chi connectivity index (χ2v) is 12.3. The number of halogens is 1. The van der Waals surface area contributed by atoms with Crippen LogP contribution in [0.1, 0.15) is 72.1 Å². The molecule has 1 N–H and O–H groups in total. The highest BCUT2D eigenvalue weighted by molar-refractivity contribution is 6.04. The van der Waals surface area contributed by atoms with Gasteiger partial charge in [-0.3, -0.25) is 14.5 Å². The average molecular weight is 598 g/mol. The molecule has 11 heteroatoms. The lowest BCUT2D eigenvalue weighted by Gasteiger charge is -2.32. The quantitative estimate of drug-likeness (QED) is 0.292. The number of nitrogens with zero attached hydrogens (tertiary/aromatic N) is 6. The predicted octanol–water partition coefficient (Wildman–Crippen LogP) is 4.92. The highest BCUT2D eigenvalue weighted by Gasteiger charge is 2.29. The Bertz CT molecular complexity index is 1780. The van der Waals surface area contributed by atoms with Crippen LogP contribution in [0.4, 0.5) is 10.2 Å². The number of nitrogens with one attached hydrogen (secondary N) is 1. The summed E-state index contributed by atoms with van der Waals surface area (Å²) < 4.78 is 23.5. The first-order chi connectivity index (χ1) is 21.4. The van der Waals surface area contributed by atoms with Crippen molar-refractivity contribution in [3.8, 4) is 22.5 Å². The Morgan fingerprint density at radius 1 is 1.09 bits per heavy atom. The molecule has 228 valence electrons. The standard InChI is InChI=1S/C33H36FN7O3/c1-39-19-35-38-31(39)27-15-23(34)7-10-26(27)22-13-29(21-5-6-21)36-30(14-22)37-32(42)28-12-20(17-41(33(28)43)24-8-9-24)16-40-11-3-4-25(18-40)44-2/h7,10,12-15,17,19,21,24-25H,3-6,8-9,11,16,18H2,1-2H3,(H,36,37,42)/t25-/m0/s1. The Kier molecular flexibility index (Phi) is 7.59. The first-order valence-corrected chi connectivity index (χ1v) is 15.3. The lowest BCUT2D eigenvalue weighted by atomic mass is 9.98. The van der Waals surface area contributed by atoms with Gasteiger partial charge in [-0.05, 0) is 92.1 Å². The van der Waals surface area contributed by atoms with Crippen molar-refractivity contribution in [1.29, 1.82) is 0 Å². The summed E-state index contributed by atoms with van der Waals surface area (Å²) in [4.78, 5) is 34.4. The molecule has 0 radical (unpaired) electrons. The predicted molar refractivity (Wildman–Crippen MR) is 164 cm³/mol. The number of hydrogen-bond donors (Lipinski definition) is 1. The molecule has 1 aromatic carbocycles. The van der Waals surface area contributed by atoms with E-state index in [1.54, 1.807) is 40.8 Å². The van der Waals surface area contributed by atoms with Gasteiger partial charge in [0, 0.05) is 56.7 Å². The van der Waals surface area contributed by atoms with Crippen LogP contribution < -0.4 is 10.9 Å². The number of carbonyl (C=O) groups excluding carboxylic acids is 1. The van der Waals surface area contributed by atoms with Crippen LogP contribution in [0.3, 0.4) is 0 Å². The summed E-state index contributed by atoms with van der Waals surface area (Å²) in [7, 11) is 3.55. The summed E-state index contributed by atoms with van der Waals surface area (Å²) in [6.45, 7) is 2.41. The minimum Gasteiger partial charge on any atom is -0.380 e. The molecule has 1 aliphatic heterocycles. The maximum atomic E-state index is 14.4. The van der Waals surface area contributed by atoms with Crippen molar-refractivity contribution in [2.75, 3.05) is 25.5 Å². The molecule has 1 amide bonds. The summed E-state index contributed by atoms with van der Waals surface area (Å²) in [6, 6.07) is 10.2. The lowest BCUT2D eigenvalue weighted by molar-refractivity contribution is 0.0285. The number of aromatic nitrogens is 5. The molecule has 0 unspecified atom stereocenters. The zero-order chi connectivity index (χ0) is 30.4. The van der Waals surface area contributed by atoms with Crippen LogP contribution in [-0.4, -0.2) is 61.4 Å². The van der Waals surface area contributed by atoms with Crippen molar-refractivity contribution in [3.63, 3.8) is 0 Å². The molecule has 0 bridgehead atoms. The van der Waals surface area contributed by atoms with Crippen molar-refractivity contribution in [2.45, 2.75) is 63.1 Å². The number of anilines is 1. The Labute approximate surface area is 254 Å². The van der Waals surface area contributed by atoms with Crippen LogP contribution in [0.15, 0.2) is 53.7 Å². The van der Waals surface area contributed by atoms with E-state index in [0.717, 1.165) is 74.0 Å². The summed E-state index contributed by atoms with van der Waals surface area (Å²) in [5, 5.41) is 11.1. The number of carbonyl (C=O) groups is 1. The maximum absolute atomic E-state index is 14.4. The van der Waals surface area contributed by atoms with Crippen molar-refractivity contribution >= 4 is 11.7 Å². The minimum atomic E-state index is -0.487. The van der Waals surface area contributed by atoms with Crippen molar-refractivity contribution in [3.05, 3.63) is 81.9 Å². The van der Waals surface area contributed by atoms with Crippen LogP contribution in [-0.2, 0) is 18.3 Å². The molecule has 44 heavy (non-hydrogen) atoms. The van der Waals surface area contributed by atoms with E-state index in [0.29, 0.717) is 29.7 Å². The number of hydrogen-bond acceptors (Lipinski definition) is 7. The molecule has 2 saturated carbocycles. The van der Waals surface area contributed by atoms with Gasteiger partial charge in [-0.1, -0.05) is 6.07 Å². The Hall–Kier alpha value is -4.22.